The van der Waals surface area contributed by atoms with Crippen LogP contribution >= 0.6 is 0 Å². The van der Waals surface area contributed by atoms with Crippen molar-refractivity contribution in [2.45, 2.75) is 26.8 Å². The second-order valence-electron chi connectivity index (χ2n) is 5.09. The highest BCUT2D eigenvalue weighted by atomic mass is 16.7. The lowest BCUT2D eigenvalue weighted by molar-refractivity contribution is 0.0311. The van der Waals surface area contributed by atoms with Crippen molar-refractivity contribution in [1.29, 1.82) is 0 Å². The molecule has 1 aliphatic heterocycles. The fourth-order valence-corrected chi connectivity index (χ4v) is 2.00. The number of carbonyl (C=O) groups is 1. The lowest BCUT2D eigenvalue weighted by Gasteiger charge is -2.28. The van der Waals surface area contributed by atoms with Gasteiger partial charge in [0.2, 0.25) is 5.88 Å². The molecule has 7 nitrogen and oxygen atoms in total. The topological polar surface area (TPSA) is 76.6 Å². The average molecular weight is 280 g/mol. The molecule has 2 amide bonds. The number of hydroxylamine groups is 1. The van der Waals surface area contributed by atoms with Crippen LogP contribution in [-0.2, 0) is 17.8 Å². The Bertz CT molecular complexity index is 464. The van der Waals surface area contributed by atoms with Gasteiger partial charge < -0.3 is 9.64 Å². The van der Waals surface area contributed by atoms with Gasteiger partial charge in [-0.3, -0.25) is 4.84 Å². The van der Waals surface area contributed by atoms with Crippen molar-refractivity contribution < 1.29 is 14.4 Å². The van der Waals surface area contributed by atoms with E-state index in [1.807, 2.05) is 13.8 Å². The van der Waals surface area contributed by atoms with Gasteiger partial charge in [0.25, 0.3) is 0 Å². The molecule has 0 saturated heterocycles. The Labute approximate surface area is 118 Å². The van der Waals surface area contributed by atoms with E-state index < -0.39 is 0 Å². The average Bonchev–Trinajstić information content (AvgIpc) is 2.45. The Hall–Kier alpha value is -1.89. The molecule has 110 valence electrons. The normalized spacial score (nSPS) is 14.1. The first kappa shape index (κ1) is 14.5. The molecule has 1 N–H and O–H groups in total. The Morgan fingerprint density at radius 2 is 2.30 bits per heavy atom. The van der Waals surface area contributed by atoms with Crippen molar-refractivity contribution in [3.63, 3.8) is 0 Å². The maximum atomic E-state index is 12.0. The Kier molecular flexibility index (Phi) is 4.73. The monoisotopic (exact) mass is 280 g/mol. The van der Waals surface area contributed by atoms with Crippen molar-refractivity contribution >= 4 is 6.03 Å². The van der Waals surface area contributed by atoms with E-state index in [2.05, 4.69) is 15.4 Å². The van der Waals surface area contributed by atoms with Crippen molar-refractivity contribution in [2.24, 2.45) is 5.92 Å². The number of methoxy groups -OCH3 is 1. The van der Waals surface area contributed by atoms with Gasteiger partial charge in [-0.2, -0.15) is 0 Å². The summed E-state index contributed by atoms with van der Waals surface area (Å²) in [6.45, 7) is 5.56. The first-order valence-electron chi connectivity index (χ1n) is 6.65. The van der Waals surface area contributed by atoms with Crippen molar-refractivity contribution in [3.05, 3.63) is 17.6 Å². The molecule has 7 heteroatoms. The van der Waals surface area contributed by atoms with Crippen LogP contribution in [0.3, 0.4) is 0 Å². The number of nitrogens with zero attached hydrogens (tertiary/aromatic N) is 3. The van der Waals surface area contributed by atoms with E-state index in [9.17, 15) is 4.79 Å². The van der Waals surface area contributed by atoms with E-state index in [1.54, 1.807) is 12.0 Å². The van der Waals surface area contributed by atoms with Gasteiger partial charge in [-0.25, -0.2) is 20.2 Å². The predicted octanol–water partition coefficient (Wildman–Crippen LogP) is 1.14. The number of hydrogen-bond acceptors (Lipinski definition) is 5. The summed E-state index contributed by atoms with van der Waals surface area (Å²) in [5, 5.41) is 0. The van der Waals surface area contributed by atoms with E-state index in [1.165, 1.54) is 6.33 Å². The van der Waals surface area contributed by atoms with Crippen LogP contribution in [0, 0.1) is 5.92 Å². The molecule has 0 aromatic carbocycles. The summed E-state index contributed by atoms with van der Waals surface area (Å²) in [7, 11) is 1.56. The number of fused-ring (bicyclic) bond motifs is 1. The molecule has 2 heterocycles. The number of hydrogen-bond donors (Lipinski definition) is 1. The molecule has 1 aromatic heterocycles. The zero-order valence-electron chi connectivity index (χ0n) is 12.0. The second-order valence-corrected chi connectivity index (χ2v) is 5.09. The highest BCUT2D eigenvalue weighted by molar-refractivity contribution is 5.73. The maximum Gasteiger partial charge on any atom is 0.341 e. The summed E-state index contributed by atoms with van der Waals surface area (Å²) in [6.07, 6.45) is 2.17. The molecule has 0 radical (unpaired) electrons. The van der Waals surface area contributed by atoms with Gasteiger partial charge in [-0.05, 0) is 5.92 Å². The molecule has 0 unspecified atom stereocenters. The summed E-state index contributed by atoms with van der Waals surface area (Å²) < 4.78 is 5.21. The van der Waals surface area contributed by atoms with Crippen LogP contribution in [0.4, 0.5) is 4.79 Å². The smallest absolute Gasteiger partial charge is 0.341 e. The Balaban J connectivity index is 1.98. The molecular weight excluding hydrogens is 260 g/mol. The fourth-order valence-electron chi connectivity index (χ4n) is 2.00. The first-order chi connectivity index (χ1) is 9.61. The van der Waals surface area contributed by atoms with Gasteiger partial charge >= 0.3 is 6.03 Å². The fraction of sp³-hybridized carbons (Fsp3) is 0.615. The Morgan fingerprint density at radius 1 is 1.50 bits per heavy atom. The molecule has 0 fully saturated rings. The quantitative estimate of drug-likeness (QED) is 0.837. The highest BCUT2D eigenvalue weighted by Crippen LogP contribution is 2.24. The molecule has 0 saturated carbocycles. The van der Waals surface area contributed by atoms with Crippen molar-refractivity contribution in [1.82, 2.24) is 20.3 Å². The van der Waals surface area contributed by atoms with E-state index in [0.717, 1.165) is 11.3 Å². The van der Waals surface area contributed by atoms with E-state index in [4.69, 9.17) is 9.57 Å². The number of carbonyl (C=O) groups excluding carboxylic acids is 1. The number of rotatable bonds is 4. The largest absolute Gasteiger partial charge is 0.481 e. The molecule has 0 atom stereocenters. The predicted molar refractivity (Wildman–Crippen MR) is 72.0 cm³/mol. The van der Waals surface area contributed by atoms with Gasteiger partial charge in [0.1, 0.15) is 6.33 Å². The van der Waals surface area contributed by atoms with Gasteiger partial charge in [-0.15, -0.1) is 0 Å². The van der Waals surface area contributed by atoms with Crippen LogP contribution in [0.5, 0.6) is 5.88 Å². The summed E-state index contributed by atoms with van der Waals surface area (Å²) >= 11 is 0. The number of nitrogens with one attached hydrogen (secondary N) is 1. The summed E-state index contributed by atoms with van der Waals surface area (Å²) in [5.74, 6) is 0.890. The van der Waals surface area contributed by atoms with Crippen molar-refractivity contribution in [2.75, 3.05) is 20.3 Å². The lowest BCUT2D eigenvalue weighted by atomic mass is 10.1. The van der Waals surface area contributed by atoms with Gasteiger partial charge in [-0.1, -0.05) is 13.8 Å². The minimum Gasteiger partial charge on any atom is -0.481 e. The minimum absolute atomic E-state index is 0.248. The lowest BCUT2D eigenvalue weighted by Crippen LogP contribution is -2.43. The summed E-state index contributed by atoms with van der Waals surface area (Å²) in [5.41, 5.74) is 4.25. The zero-order valence-corrected chi connectivity index (χ0v) is 12.0. The third-order valence-corrected chi connectivity index (χ3v) is 3.02. The minimum atomic E-state index is -0.248. The molecular formula is C13H20N4O3. The first-order valence-corrected chi connectivity index (χ1v) is 6.65. The standard InChI is InChI=1S/C13H20N4O3/c1-9(2)7-20-16-13(18)17-5-4-11-10(6-17)12(19-3)15-8-14-11/h8-9H,4-7H2,1-3H3,(H,16,18). The molecule has 1 aliphatic rings. The molecule has 2 rings (SSSR count). The third-order valence-electron chi connectivity index (χ3n) is 3.02. The summed E-state index contributed by atoms with van der Waals surface area (Å²) in [6, 6.07) is -0.248. The van der Waals surface area contributed by atoms with Crippen LogP contribution in [0.25, 0.3) is 0 Å². The second kappa shape index (κ2) is 6.51. The van der Waals surface area contributed by atoms with Crippen LogP contribution in [0.2, 0.25) is 0 Å². The summed E-state index contributed by atoms with van der Waals surface area (Å²) in [4.78, 5) is 27.1. The third kappa shape index (κ3) is 3.36. The van der Waals surface area contributed by atoms with Gasteiger partial charge in [0.15, 0.2) is 0 Å². The molecule has 20 heavy (non-hydrogen) atoms. The van der Waals surface area contributed by atoms with Crippen LogP contribution in [0.15, 0.2) is 6.33 Å². The molecule has 0 aliphatic carbocycles. The molecule has 1 aromatic rings. The number of aromatic nitrogens is 2. The van der Waals surface area contributed by atoms with E-state index >= 15 is 0 Å². The van der Waals surface area contributed by atoms with Gasteiger partial charge in [0, 0.05) is 13.0 Å². The Morgan fingerprint density at radius 3 is 3.00 bits per heavy atom. The van der Waals surface area contributed by atoms with E-state index in [0.29, 0.717) is 37.9 Å². The van der Waals surface area contributed by atoms with Crippen LogP contribution in [0.1, 0.15) is 25.1 Å². The van der Waals surface area contributed by atoms with Crippen LogP contribution in [-0.4, -0.2) is 41.2 Å². The van der Waals surface area contributed by atoms with Gasteiger partial charge in [0.05, 0.1) is 31.5 Å². The SMILES string of the molecule is COc1ncnc2c1CN(C(=O)NOCC(C)C)CC2. The number of urea groups is 1. The van der Waals surface area contributed by atoms with Crippen molar-refractivity contribution in [3.8, 4) is 5.88 Å². The molecule has 0 spiro atoms. The van der Waals surface area contributed by atoms with Crippen LogP contribution < -0.4 is 10.2 Å². The highest BCUT2D eigenvalue weighted by Gasteiger charge is 2.25. The van der Waals surface area contributed by atoms with E-state index in [-0.39, 0.29) is 6.03 Å². The number of ether oxygens (including phenoxy) is 1. The zero-order chi connectivity index (χ0) is 14.5. The number of amides is 2. The maximum absolute atomic E-state index is 12.0. The molecule has 0 bridgehead atoms.